The molecule has 0 spiro atoms. The molecule has 0 bridgehead atoms. The van der Waals surface area contributed by atoms with Gasteiger partial charge in [-0.2, -0.15) is 11.8 Å². The van der Waals surface area contributed by atoms with E-state index < -0.39 is 10.0 Å². The van der Waals surface area contributed by atoms with E-state index in [1.807, 2.05) is 13.2 Å². The summed E-state index contributed by atoms with van der Waals surface area (Å²) in [5, 5.41) is 9.00. The topological polar surface area (TPSA) is 66.4 Å². The summed E-state index contributed by atoms with van der Waals surface area (Å²) in [5.41, 5.74) is 0.668. The summed E-state index contributed by atoms with van der Waals surface area (Å²) in [6.45, 7) is 2.30. The van der Waals surface area contributed by atoms with Gasteiger partial charge >= 0.3 is 0 Å². The Morgan fingerprint density at radius 1 is 1.47 bits per heavy atom. The first-order valence-electron chi connectivity index (χ1n) is 5.78. The fraction of sp³-hybridized carbons (Fsp3) is 0.500. The molecule has 1 unspecified atom stereocenters. The van der Waals surface area contributed by atoms with Crippen LogP contribution in [-0.4, -0.2) is 32.1 Å². The molecular weight excluding hydrogens is 350 g/mol. The van der Waals surface area contributed by atoms with Crippen LogP contribution in [0.3, 0.4) is 0 Å². The van der Waals surface area contributed by atoms with Crippen LogP contribution in [0.25, 0.3) is 0 Å². The first-order chi connectivity index (χ1) is 8.90. The van der Waals surface area contributed by atoms with Gasteiger partial charge in [0.1, 0.15) is 0 Å². The number of thioether (sulfide) groups is 1. The van der Waals surface area contributed by atoms with Crippen molar-refractivity contribution in [3.63, 3.8) is 0 Å². The lowest BCUT2D eigenvalue weighted by Gasteiger charge is -2.13. The predicted octanol–water partition coefficient (Wildman–Crippen LogP) is 2.22. The lowest BCUT2D eigenvalue weighted by atomic mass is 10.2. The van der Waals surface area contributed by atoms with Gasteiger partial charge in [0, 0.05) is 11.0 Å². The average molecular weight is 368 g/mol. The second-order valence-corrected chi connectivity index (χ2v) is 7.84. The minimum absolute atomic E-state index is 0.114. The van der Waals surface area contributed by atoms with Crippen LogP contribution in [0.15, 0.2) is 27.6 Å². The van der Waals surface area contributed by atoms with Gasteiger partial charge in [0.15, 0.2) is 0 Å². The van der Waals surface area contributed by atoms with Crippen LogP contribution in [0.1, 0.15) is 12.5 Å². The molecule has 0 radical (unpaired) electrons. The van der Waals surface area contributed by atoms with E-state index in [1.165, 1.54) is 6.07 Å². The Bertz CT molecular complexity index is 520. The normalized spacial score (nSPS) is 13.5. The monoisotopic (exact) mass is 367 g/mol. The SMILES string of the molecule is CSCC(C)CNS(=O)(=O)c1ccc(CO)cc1Br. The standard InChI is InChI=1S/C12H18BrNO3S2/c1-9(8-18-2)6-14-19(16,17)12-4-3-10(7-15)5-11(12)13/h3-5,9,14-15H,6-8H2,1-2H3. The summed E-state index contributed by atoms with van der Waals surface area (Å²) in [7, 11) is -3.52. The van der Waals surface area contributed by atoms with Gasteiger partial charge in [0.2, 0.25) is 10.0 Å². The zero-order valence-corrected chi connectivity index (χ0v) is 14.1. The first-order valence-corrected chi connectivity index (χ1v) is 9.45. The van der Waals surface area contributed by atoms with Crippen molar-refractivity contribution in [3.05, 3.63) is 28.2 Å². The van der Waals surface area contributed by atoms with Gasteiger partial charge in [-0.15, -0.1) is 0 Å². The summed E-state index contributed by atoms with van der Waals surface area (Å²) in [4.78, 5) is 0.195. The molecular formula is C12H18BrNO3S2. The van der Waals surface area contributed by atoms with Crippen molar-refractivity contribution in [1.82, 2.24) is 4.72 Å². The number of halogens is 1. The van der Waals surface area contributed by atoms with Crippen molar-refractivity contribution in [2.45, 2.75) is 18.4 Å². The fourth-order valence-electron chi connectivity index (χ4n) is 1.53. The number of sulfonamides is 1. The number of rotatable bonds is 7. The molecule has 108 valence electrons. The van der Waals surface area contributed by atoms with Gasteiger partial charge in [-0.1, -0.05) is 13.0 Å². The highest BCUT2D eigenvalue weighted by atomic mass is 79.9. The van der Waals surface area contributed by atoms with Crippen LogP contribution >= 0.6 is 27.7 Å². The van der Waals surface area contributed by atoms with E-state index in [0.29, 0.717) is 16.6 Å². The van der Waals surface area contributed by atoms with Crippen molar-refractivity contribution in [3.8, 4) is 0 Å². The molecule has 0 aromatic heterocycles. The maximum Gasteiger partial charge on any atom is 0.241 e. The Morgan fingerprint density at radius 2 is 2.16 bits per heavy atom. The van der Waals surface area contributed by atoms with E-state index in [0.717, 1.165) is 5.75 Å². The number of hydrogen-bond donors (Lipinski definition) is 2. The van der Waals surface area contributed by atoms with Crippen molar-refractivity contribution < 1.29 is 13.5 Å². The lowest BCUT2D eigenvalue weighted by molar-refractivity contribution is 0.281. The number of nitrogens with one attached hydrogen (secondary N) is 1. The molecule has 4 nitrogen and oxygen atoms in total. The summed E-state index contributed by atoms with van der Waals surface area (Å²) >= 11 is 4.92. The van der Waals surface area contributed by atoms with Gasteiger partial charge in [-0.05, 0) is 51.6 Å². The second kappa shape index (κ2) is 7.64. The Kier molecular flexibility index (Phi) is 6.82. The lowest BCUT2D eigenvalue weighted by Crippen LogP contribution is -2.29. The fourth-order valence-corrected chi connectivity index (χ4v) is 4.51. The predicted molar refractivity (Wildman–Crippen MR) is 82.8 cm³/mol. The van der Waals surface area contributed by atoms with Crippen molar-refractivity contribution in [2.75, 3.05) is 18.6 Å². The minimum atomic E-state index is -3.52. The van der Waals surface area contributed by atoms with Gasteiger partial charge in [-0.3, -0.25) is 0 Å². The summed E-state index contributed by atoms with van der Waals surface area (Å²) in [5.74, 6) is 1.19. The second-order valence-electron chi connectivity index (χ2n) is 4.34. The maximum absolute atomic E-state index is 12.2. The molecule has 0 saturated carbocycles. The Morgan fingerprint density at radius 3 is 2.68 bits per heavy atom. The van der Waals surface area contributed by atoms with E-state index in [-0.39, 0.29) is 17.4 Å². The third-order valence-corrected chi connectivity index (χ3v) is 5.84. The van der Waals surface area contributed by atoms with E-state index in [2.05, 4.69) is 20.7 Å². The van der Waals surface area contributed by atoms with Gasteiger partial charge in [-0.25, -0.2) is 13.1 Å². The Hall–Kier alpha value is -0.0800. The molecule has 0 aliphatic carbocycles. The zero-order chi connectivity index (χ0) is 14.5. The van der Waals surface area contributed by atoms with E-state index in [4.69, 9.17) is 5.11 Å². The third-order valence-electron chi connectivity index (χ3n) is 2.54. The average Bonchev–Trinajstić information content (AvgIpc) is 2.36. The number of aliphatic hydroxyl groups excluding tert-OH is 1. The molecule has 0 amide bonds. The van der Waals surface area contributed by atoms with Crippen molar-refractivity contribution >= 4 is 37.7 Å². The van der Waals surface area contributed by atoms with Crippen LogP contribution in [0, 0.1) is 5.92 Å². The summed E-state index contributed by atoms with van der Waals surface area (Å²) in [6.07, 6.45) is 2.00. The third kappa shape index (κ3) is 5.07. The van der Waals surface area contributed by atoms with Crippen LogP contribution in [0.2, 0.25) is 0 Å². The highest BCUT2D eigenvalue weighted by Gasteiger charge is 2.18. The van der Waals surface area contributed by atoms with E-state index >= 15 is 0 Å². The first kappa shape index (κ1) is 17.0. The molecule has 1 rings (SSSR count). The quantitative estimate of drug-likeness (QED) is 0.775. The molecule has 0 aliphatic rings. The Balaban J connectivity index is 2.83. The summed E-state index contributed by atoms with van der Waals surface area (Å²) < 4.78 is 27.4. The van der Waals surface area contributed by atoms with Crippen molar-refractivity contribution in [1.29, 1.82) is 0 Å². The molecule has 1 aromatic rings. The van der Waals surface area contributed by atoms with Gasteiger partial charge < -0.3 is 5.11 Å². The van der Waals surface area contributed by atoms with Gasteiger partial charge in [0.05, 0.1) is 11.5 Å². The molecule has 0 fully saturated rings. The Labute approximate surface area is 127 Å². The minimum Gasteiger partial charge on any atom is -0.392 e. The number of hydrogen-bond acceptors (Lipinski definition) is 4. The molecule has 19 heavy (non-hydrogen) atoms. The highest BCUT2D eigenvalue weighted by molar-refractivity contribution is 9.10. The smallest absolute Gasteiger partial charge is 0.241 e. The molecule has 2 N–H and O–H groups in total. The van der Waals surface area contributed by atoms with E-state index in [1.54, 1.807) is 23.9 Å². The highest BCUT2D eigenvalue weighted by Crippen LogP contribution is 2.23. The molecule has 0 heterocycles. The van der Waals surface area contributed by atoms with E-state index in [9.17, 15) is 8.42 Å². The zero-order valence-electron chi connectivity index (χ0n) is 10.9. The number of benzene rings is 1. The molecule has 0 aliphatic heterocycles. The van der Waals surface area contributed by atoms with Crippen LogP contribution in [-0.2, 0) is 16.6 Å². The van der Waals surface area contributed by atoms with Crippen LogP contribution in [0.4, 0.5) is 0 Å². The maximum atomic E-state index is 12.2. The summed E-state index contributed by atoms with van der Waals surface area (Å²) in [6, 6.07) is 4.71. The van der Waals surface area contributed by atoms with Crippen LogP contribution in [0.5, 0.6) is 0 Å². The molecule has 0 saturated heterocycles. The molecule has 7 heteroatoms. The molecule has 1 atom stereocenters. The van der Waals surface area contributed by atoms with Crippen molar-refractivity contribution in [2.24, 2.45) is 5.92 Å². The number of aliphatic hydroxyl groups is 1. The molecule has 1 aromatic carbocycles. The van der Waals surface area contributed by atoms with Crippen LogP contribution < -0.4 is 4.72 Å². The largest absolute Gasteiger partial charge is 0.392 e. The van der Waals surface area contributed by atoms with Gasteiger partial charge in [0.25, 0.3) is 0 Å².